The van der Waals surface area contributed by atoms with Crippen LogP contribution in [0.25, 0.3) is 0 Å². The Bertz CT molecular complexity index is 637. The fourth-order valence-electron chi connectivity index (χ4n) is 1.89. The van der Waals surface area contributed by atoms with Gasteiger partial charge in [-0.05, 0) is 29.8 Å². The number of amides is 2. The van der Waals surface area contributed by atoms with E-state index in [-0.39, 0.29) is 0 Å². The van der Waals surface area contributed by atoms with Crippen LogP contribution in [0.2, 0.25) is 0 Å². The van der Waals surface area contributed by atoms with Crippen molar-refractivity contribution in [1.29, 1.82) is 0 Å². The number of hydrogen-bond donors (Lipinski definition) is 2. The number of benzene rings is 2. The highest BCUT2D eigenvalue weighted by Crippen LogP contribution is 2.15. The normalized spacial score (nSPS) is 9.91. The average Bonchev–Trinajstić information content (AvgIpc) is 2.54. The summed E-state index contributed by atoms with van der Waals surface area (Å²) in [4.78, 5) is 25.5. The van der Waals surface area contributed by atoms with Gasteiger partial charge in [-0.2, -0.15) is 0 Å². The summed E-state index contributed by atoms with van der Waals surface area (Å²) in [6.07, 6.45) is 0. The molecular formula is C17H19N3O2. The van der Waals surface area contributed by atoms with Crippen LogP contribution in [0.4, 0.5) is 11.4 Å². The van der Waals surface area contributed by atoms with Crippen LogP contribution in [-0.2, 0) is 16.1 Å². The molecule has 114 valence electrons. The molecule has 0 aliphatic heterocycles. The lowest BCUT2D eigenvalue weighted by Gasteiger charge is -2.13. The standard InChI is InChI=1S/C17H19N3O2/c1-20(2)15-10-8-14(9-11-15)19-17(22)16(21)18-12-13-6-4-3-5-7-13/h3-11H,12H2,1-2H3,(H,18,21)(H,19,22). The topological polar surface area (TPSA) is 61.4 Å². The molecule has 0 aliphatic carbocycles. The number of nitrogens with one attached hydrogen (secondary N) is 2. The van der Waals surface area contributed by atoms with Crippen molar-refractivity contribution < 1.29 is 9.59 Å². The lowest BCUT2D eigenvalue weighted by molar-refractivity contribution is -0.136. The maximum Gasteiger partial charge on any atom is 0.313 e. The molecule has 0 fully saturated rings. The lowest BCUT2D eigenvalue weighted by Crippen LogP contribution is -2.34. The molecule has 2 aromatic carbocycles. The SMILES string of the molecule is CN(C)c1ccc(NC(=O)C(=O)NCc2ccccc2)cc1. The first-order valence-corrected chi connectivity index (χ1v) is 6.97. The summed E-state index contributed by atoms with van der Waals surface area (Å²) in [5.74, 6) is -1.32. The Labute approximate surface area is 129 Å². The van der Waals surface area contributed by atoms with E-state index in [9.17, 15) is 9.59 Å². The average molecular weight is 297 g/mol. The van der Waals surface area contributed by atoms with E-state index in [2.05, 4.69) is 10.6 Å². The fourth-order valence-corrected chi connectivity index (χ4v) is 1.89. The molecule has 22 heavy (non-hydrogen) atoms. The Morgan fingerprint density at radius 2 is 1.55 bits per heavy atom. The molecule has 2 aromatic rings. The van der Waals surface area contributed by atoms with Crippen LogP contribution < -0.4 is 15.5 Å². The van der Waals surface area contributed by atoms with Gasteiger partial charge in [-0.15, -0.1) is 0 Å². The summed E-state index contributed by atoms with van der Waals surface area (Å²) in [7, 11) is 3.87. The zero-order valence-corrected chi connectivity index (χ0v) is 12.7. The lowest BCUT2D eigenvalue weighted by atomic mass is 10.2. The highest BCUT2D eigenvalue weighted by atomic mass is 16.2. The molecule has 5 nitrogen and oxygen atoms in total. The molecule has 0 saturated carbocycles. The van der Waals surface area contributed by atoms with Gasteiger partial charge in [0.05, 0.1) is 0 Å². The number of nitrogens with zero attached hydrogens (tertiary/aromatic N) is 1. The van der Waals surface area contributed by atoms with Crippen molar-refractivity contribution in [3.63, 3.8) is 0 Å². The molecule has 0 heterocycles. The summed E-state index contributed by atoms with van der Waals surface area (Å²) < 4.78 is 0. The Morgan fingerprint density at radius 3 is 2.14 bits per heavy atom. The van der Waals surface area contributed by atoms with E-state index < -0.39 is 11.8 Å². The molecule has 0 radical (unpaired) electrons. The maximum atomic E-state index is 11.8. The Hall–Kier alpha value is -2.82. The van der Waals surface area contributed by atoms with Gasteiger partial charge in [0.15, 0.2) is 0 Å². The van der Waals surface area contributed by atoms with E-state index in [4.69, 9.17) is 0 Å². The Balaban J connectivity index is 1.87. The van der Waals surface area contributed by atoms with Crippen LogP contribution in [0.15, 0.2) is 54.6 Å². The molecular weight excluding hydrogens is 278 g/mol. The second-order valence-corrected chi connectivity index (χ2v) is 5.06. The number of carbonyl (C=O) groups excluding carboxylic acids is 2. The van der Waals surface area contributed by atoms with E-state index in [1.165, 1.54) is 0 Å². The predicted molar refractivity (Wildman–Crippen MR) is 87.7 cm³/mol. The summed E-state index contributed by atoms with van der Waals surface area (Å²) in [5.41, 5.74) is 2.55. The van der Waals surface area contributed by atoms with E-state index in [1.54, 1.807) is 12.1 Å². The molecule has 2 rings (SSSR count). The third-order valence-electron chi connectivity index (χ3n) is 3.14. The van der Waals surface area contributed by atoms with Crippen molar-refractivity contribution in [2.45, 2.75) is 6.54 Å². The van der Waals surface area contributed by atoms with Gasteiger partial charge in [0.25, 0.3) is 0 Å². The minimum atomic E-state index is -0.673. The third-order valence-corrected chi connectivity index (χ3v) is 3.14. The van der Waals surface area contributed by atoms with Crippen molar-refractivity contribution in [3.05, 3.63) is 60.2 Å². The van der Waals surface area contributed by atoms with Gasteiger partial charge in [-0.25, -0.2) is 0 Å². The second kappa shape index (κ2) is 7.26. The summed E-state index contributed by atoms with van der Waals surface area (Å²) in [6.45, 7) is 0.326. The molecule has 0 atom stereocenters. The highest BCUT2D eigenvalue weighted by Gasteiger charge is 2.13. The Kier molecular flexibility index (Phi) is 5.14. The molecule has 0 saturated heterocycles. The first-order chi connectivity index (χ1) is 10.6. The molecule has 2 amide bonds. The van der Waals surface area contributed by atoms with Crippen molar-refractivity contribution >= 4 is 23.2 Å². The fraction of sp³-hybridized carbons (Fsp3) is 0.176. The van der Waals surface area contributed by atoms with Crippen molar-refractivity contribution in [3.8, 4) is 0 Å². The van der Waals surface area contributed by atoms with E-state index in [1.807, 2.05) is 61.5 Å². The Morgan fingerprint density at radius 1 is 0.909 bits per heavy atom. The van der Waals surface area contributed by atoms with Crippen LogP contribution in [-0.4, -0.2) is 25.9 Å². The summed E-state index contributed by atoms with van der Waals surface area (Å²) in [6, 6.07) is 16.7. The van der Waals surface area contributed by atoms with Gasteiger partial charge in [0, 0.05) is 32.0 Å². The van der Waals surface area contributed by atoms with Crippen molar-refractivity contribution in [2.24, 2.45) is 0 Å². The number of rotatable bonds is 4. The third kappa shape index (κ3) is 4.34. The number of carbonyl (C=O) groups is 2. The predicted octanol–water partition coefficient (Wildman–Crippen LogP) is 2.01. The maximum absolute atomic E-state index is 11.8. The van der Waals surface area contributed by atoms with Gasteiger partial charge in [0.2, 0.25) is 0 Å². The molecule has 0 spiro atoms. The monoisotopic (exact) mass is 297 g/mol. The zero-order valence-electron chi connectivity index (χ0n) is 12.7. The quantitative estimate of drug-likeness (QED) is 0.849. The molecule has 5 heteroatoms. The molecule has 0 unspecified atom stereocenters. The van der Waals surface area contributed by atoms with Crippen LogP contribution in [0.3, 0.4) is 0 Å². The zero-order chi connectivity index (χ0) is 15.9. The molecule has 0 bridgehead atoms. The van der Waals surface area contributed by atoms with Crippen LogP contribution >= 0.6 is 0 Å². The van der Waals surface area contributed by atoms with Crippen molar-refractivity contribution in [1.82, 2.24) is 5.32 Å². The largest absolute Gasteiger partial charge is 0.378 e. The number of anilines is 2. The first kappa shape index (κ1) is 15.6. The van der Waals surface area contributed by atoms with Gasteiger partial charge >= 0.3 is 11.8 Å². The first-order valence-electron chi connectivity index (χ1n) is 6.97. The van der Waals surface area contributed by atoms with Gasteiger partial charge < -0.3 is 15.5 Å². The molecule has 0 aliphatic rings. The molecule has 0 aromatic heterocycles. The smallest absolute Gasteiger partial charge is 0.313 e. The minimum Gasteiger partial charge on any atom is -0.378 e. The van der Waals surface area contributed by atoms with Crippen LogP contribution in [0, 0.1) is 0 Å². The number of hydrogen-bond acceptors (Lipinski definition) is 3. The second-order valence-electron chi connectivity index (χ2n) is 5.06. The van der Waals surface area contributed by atoms with E-state index in [0.29, 0.717) is 12.2 Å². The van der Waals surface area contributed by atoms with Crippen LogP contribution in [0.5, 0.6) is 0 Å². The minimum absolute atomic E-state index is 0.326. The summed E-state index contributed by atoms with van der Waals surface area (Å²) in [5, 5.41) is 5.16. The summed E-state index contributed by atoms with van der Waals surface area (Å²) >= 11 is 0. The van der Waals surface area contributed by atoms with Crippen molar-refractivity contribution in [2.75, 3.05) is 24.3 Å². The van der Waals surface area contributed by atoms with Gasteiger partial charge in [-0.1, -0.05) is 30.3 Å². The van der Waals surface area contributed by atoms with Crippen LogP contribution in [0.1, 0.15) is 5.56 Å². The van der Waals surface area contributed by atoms with Gasteiger partial charge in [0.1, 0.15) is 0 Å². The molecule has 2 N–H and O–H groups in total. The van der Waals surface area contributed by atoms with E-state index >= 15 is 0 Å². The highest BCUT2D eigenvalue weighted by molar-refractivity contribution is 6.39. The van der Waals surface area contributed by atoms with E-state index in [0.717, 1.165) is 11.3 Å². The van der Waals surface area contributed by atoms with Gasteiger partial charge in [-0.3, -0.25) is 9.59 Å².